The summed E-state index contributed by atoms with van der Waals surface area (Å²) in [5.41, 5.74) is 0.131. The number of methoxy groups -OCH3 is 1. The maximum atomic E-state index is 14.1. The molecule has 4 saturated heterocycles. The number of hydrogen-bond donors (Lipinski definition) is 10. The first-order valence-corrected chi connectivity index (χ1v) is 18.6. The van der Waals surface area contributed by atoms with E-state index in [4.69, 9.17) is 37.9 Å². The molecule has 326 valence electrons. The van der Waals surface area contributed by atoms with Crippen LogP contribution in [-0.4, -0.2) is 201 Å². The zero-order valence-electron chi connectivity index (χ0n) is 32.0. The lowest BCUT2D eigenvalue weighted by Gasteiger charge is -2.49. The van der Waals surface area contributed by atoms with Gasteiger partial charge in [0.1, 0.15) is 79.2 Å². The highest BCUT2D eigenvalue weighted by atomic mass is 16.7. The maximum absolute atomic E-state index is 14.1. The van der Waals surface area contributed by atoms with E-state index in [1.807, 2.05) is 0 Å². The van der Waals surface area contributed by atoms with Gasteiger partial charge in [0.15, 0.2) is 30.8 Å². The van der Waals surface area contributed by atoms with E-state index in [1.54, 1.807) is 18.2 Å². The average molecular weight is 833 g/mol. The summed E-state index contributed by atoms with van der Waals surface area (Å²) in [7, 11) is 1.26. The molecule has 58 heavy (non-hydrogen) atoms. The minimum atomic E-state index is -1.86. The van der Waals surface area contributed by atoms with Gasteiger partial charge in [0.05, 0.1) is 25.4 Å². The van der Waals surface area contributed by atoms with Gasteiger partial charge in [-0.2, -0.15) is 0 Å². The molecular formula is C36H52N2O20. The molecule has 19 atom stereocenters. The van der Waals surface area contributed by atoms with E-state index in [0.717, 1.165) is 6.92 Å². The molecule has 4 aliphatic heterocycles. The van der Waals surface area contributed by atoms with Gasteiger partial charge in [-0.15, -0.1) is 0 Å². The lowest BCUT2D eigenvalue weighted by molar-refractivity contribution is -0.351. The van der Waals surface area contributed by atoms with Gasteiger partial charge in [0.25, 0.3) is 0 Å². The van der Waals surface area contributed by atoms with Crippen molar-refractivity contribution in [2.45, 2.75) is 144 Å². The van der Waals surface area contributed by atoms with Crippen molar-refractivity contribution in [1.29, 1.82) is 0 Å². The van der Waals surface area contributed by atoms with Crippen LogP contribution in [-0.2, 0) is 52.3 Å². The van der Waals surface area contributed by atoms with Gasteiger partial charge in [-0.05, 0) is 6.92 Å². The molecule has 0 bridgehead atoms. The van der Waals surface area contributed by atoms with Crippen LogP contribution >= 0.6 is 0 Å². The predicted octanol–water partition coefficient (Wildman–Crippen LogP) is -4.72. The van der Waals surface area contributed by atoms with Crippen LogP contribution in [0.5, 0.6) is 0 Å². The third-order valence-corrected chi connectivity index (χ3v) is 10.4. The fraction of sp³-hybridized carbons (Fsp3) is 0.722. The number of carbonyl (C=O) groups is 4. The van der Waals surface area contributed by atoms with Crippen molar-refractivity contribution in [3.8, 4) is 0 Å². The molecule has 4 heterocycles. The summed E-state index contributed by atoms with van der Waals surface area (Å²) in [5, 5.41) is 90.1. The van der Waals surface area contributed by atoms with E-state index in [1.165, 1.54) is 33.1 Å². The SMILES string of the molecule is COC1C(O)C(CO)OC(OC2CC(O)C(OC3C(O)C(CO)OC(OC4C(C(=O)O)OC(C)C(O)C4O)C3NC(C)=O)OC2C(=O)c2ccccc2)C1NC(C)=O. The van der Waals surface area contributed by atoms with E-state index in [9.17, 15) is 60.0 Å². The van der Waals surface area contributed by atoms with E-state index in [-0.39, 0.29) is 5.56 Å². The topological polar surface area (TPSA) is 328 Å². The van der Waals surface area contributed by atoms with E-state index in [0.29, 0.717) is 0 Å². The monoisotopic (exact) mass is 832 g/mol. The summed E-state index contributed by atoms with van der Waals surface area (Å²) >= 11 is 0. The molecule has 22 nitrogen and oxygen atoms in total. The Labute approximate surface area is 331 Å². The second-order valence-corrected chi connectivity index (χ2v) is 14.5. The minimum Gasteiger partial charge on any atom is -0.479 e. The number of aliphatic carboxylic acids is 1. The zero-order valence-corrected chi connectivity index (χ0v) is 32.0. The third kappa shape index (κ3) is 10.00. The number of carboxylic acid groups (broad SMARTS) is 1. The summed E-state index contributed by atoms with van der Waals surface area (Å²) in [4.78, 5) is 51.0. The van der Waals surface area contributed by atoms with Gasteiger partial charge in [-0.25, -0.2) is 4.79 Å². The lowest BCUT2D eigenvalue weighted by atomic mass is 9.93. The molecule has 1 aromatic carbocycles. The normalized spacial score (nSPS) is 41.9. The number of ether oxygens (including phenoxy) is 8. The first kappa shape index (κ1) is 45.8. The van der Waals surface area contributed by atoms with Gasteiger partial charge in [-0.1, -0.05) is 30.3 Å². The predicted molar refractivity (Wildman–Crippen MR) is 188 cm³/mol. The Balaban J connectivity index is 1.46. The molecule has 1 aromatic rings. The third-order valence-electron chi connectivity index (χ3n) is 10.4. The van der Waals surface area contributed by atoms with Gasteiger partial charge >= 0.3 is 5.97 Å². The fourth-order valence-electron chi connectivity index (χ4n) is 7.50. The van der Waals surface area contributed by atoms with E-state index >= 15 is 0 Å². The maximum Gasteiger partial charge on any atom is 0.335 e. The van der Waals surface area contributed by atoms with E-state index < -0.39 is 160 Å². The van der Waals surface area contributed by atoms with Crippen LogP contribution in [0.2, 0.25) is 0 Å². The quantitative estimate of drug-likeness (QED) is 0.0787. The van der Waals surface area contributed by atoms with Gasteiger partial charge in [0.2, 0.25) is 11.8 Å². The fourth-order valence-corrected chi connectivity index (χ4v) is 7.50. The Morgan fingerprint density at radius 2 is 1.22 bits per heavy atom. The van der Waals surface area contributed by atoms with Crippen LogP contribution in [0.3, 0.4) is 0 Å². The first-order chi connectivity index (χ1) is 27.5. The second kappa shape index (κ2) is 19.8. The Kier molecular flexibility index (Phi) is 15.7. The summed E-state index contributed by atoms with van der Waals surface area (Å²) in [6.45, 7) is 2.03. The van der Waals surface area contributed by atoms with Gasteiger partial charge in [-0.3, -0.25) is 14.4 Å². The Morgan fingerprint density at radius 1 is 0.690 bits per heavy atom. The van der Waals surface area contributed by atoms with Crippen LogP contribution in [0.15, 0.2) is 30.3 Å². The molecule has 4 aliphatic rings. The van der Waals surface area contributed by atoms with Gasteiger partial charge in [0, 0.05) is 32.9 Å². The number of aliphatic hydroxyl groups is 7. The van der Waals surface area contributed by atoms with Crippen LogP contribution in [0.4, 0.5) is 0 Å². The number of amides is 2. The second-order valence-electron chi connectivity index (χ2n) is 14.5. The van der Waals surface area contributed by atoms with Crippen molar-refractivity contribution in [1.82, 2.24) is 10.6 Å². The minimum absolute atomic E-state index is 0.131. The zero-order chi connectivity index (χ0) is 42.6. The molecular weight excluding hydrogens is 780 g/mol. The van der Waals surface area contributed by atoms with Crippen molar-refractivity contribution in [3.63, 3.8) is 0 Å². The summed E-state index contributed by atoms with van der Waals surface area (Å²) in [6.07, 6.45) is -27.4. The van der Waals surface area contributed by atoms with E-state index in [2.05, 4.69) is 10.6 Å². The number of hydrogen-bond acceptors (Lipinski definition) is 19. The van der Waals surface area contributed by atoms with Crippen molar-refractivity contribution in [3.05, 3.63) is 35.9 Å². The molecule has 2 amide bonds. The molecule has 10 N–H and O–H groups in total. The number of nitrogens with one attached hydrogen (secondary N) is 2. The van der Waals surface area contributed by atoms with Crippen molar-refractivity contribution >= 4 is 23.6 Å². The summed E-state index contributed by atoms with van der Waals surface area (Å²) < 4.78 is 46.6. The smallest absolute Gasteiger partial charge is 0.335 e. The molecule has 0 radical (unpaired) electrons. The number of carbonyl (C=O) groups excluding carboxylic acids is 3. The van der Waals surface area contributed by atoms with Crippen LogP contribution in [0.25, 0.3) is 0 Å². The highest BCUT2D eigenvalue weighted by molar-refractivity contribution is 6.00. The molecule has 0 aliphatic carbocycles. The van der Waals surface area contributed by atoms with Crippen molar-refractivity contribution < 1.29 is 97.9 Å². The summed E-state index contributed by atoms with van der Waals surface area (Å²) in [6, 6.07) is 4.99. The number of carboxylic acids is 1. The number of ketones is 1. The molecule has 0 aromatic heterocycles. The van der Waals surface area contributed by atoms with Crippen molar-refractivity contribution in [2.75, 3.05) is 20.3 Å². The van der Waals surface area contributed by atoms with Crippen LogP contribution in [0, 0.1) is 0 Å². The Morgan fingerprint density at radius 3 is 1.76 bits per heavy atom. The van der Waals surface area contributed by atoms with Crippen LogP contribution < -0.4 is 10.6 Å². The standard InChI is InChI=1S/C36H52N2O20/c1-13-23(44)27(48)31(32(52-13)33(49)50)58-36-22(38-15(3)42)30(26(47)20(12-40)55-36)57-34-17(43)10-18(28(56-34)24(45)16-8-6-5-7-9-16)53-35-21(37-14(2)41)29(51-4)25(46)19(11-39)54-35/h5-9,13,17-23,25-32,34-36,39-40,43-44,46-48H,10-12H2,1-4H3,(H,37,41)(H,38,42)(H,49,50). The molecule has 0 saturated carbocycles. The Bertz CT molecular complexity index is 1560. The number of benzene rings is 1. The van der Waals surface area contributed by atoms with Crippen LogP contribution in [0.1, 0.15) is 37.6 Å². The molecule has 4 fully saturated rings. The number of rotatable bonds is 14. The van der Waals surface area contributed by atoms with Crippen molar-refractivity contribution in [2.24, 2.45) is 0 Å². The summed E-state index contributed by atoms with van der Waals surface area (Å²) in [5.74, 6) is -3.56. The molecule has 22 heteroatoms. The highest BCUT2D eigenvalue weighted by Gasteiger charge is 2.55. The lowest BCUT2D eigenvalue weighted by Crippen LogP contribution is -2.69. The average Bonchev–Trinajstić information content (AvgIpc) is 3.18. The largest absolute Gasteiger partial charge is 0.479 e. The number of Topliss-reactive ketones (excluding diaryl/α,β-unsaturated/α-hetero) is 1. The molecule has 0 spiro atoms. The Hall–Kier alpha value is -3.30. The first-order valence-electron chi connectivity index (χ1n) is 18.6. The number of aliphatic hydroxyl groups excluding tert-OH is 7. The molecule has 19 unspecified atom stereocenters. The van der Waals surface area contributed by atoms with Gasteiger partial charge < -0.3 is 89.4 Å². The highest BCUT2D eigenvalue weighted by Crippen LogP contribution is 2.35. The molecule has 5 rings (SSSR count).